The molecule has 1 aliphatic carbocycles. The van der Waals surface area contributed by atoms with E-state index in [4.69, 9.17) is 11.6 Å². The van der Waals surface area contributed by atoms with Crippen LogP contribution >= 0.6 is 11.6 Å². The molecule has 0 bridgehead atoms. The number of hydrogen-bond donors (Lipinski definition) is 0. The summed E-state index contributed by atoms with van der Waals surface area (Å²) in [6.07, 6.45) is 12.8. The fourth-order valence-corrected chi connectivity index (χ4v) is 2.55. The number of nitrogens with zero attached hydrogens (tertiary/aromatic N) is 1. The van der Waals surface area contributed by atoms with Crippen LogP contribution < -0.4 is 0 Å². The van der Waals surface area contributed by atoms with Gasteiger partial charge in [-0.15, -0.1) is 0 Å². The zero-order valence-corrected chi connectivity index (χ0v) is 12.4. The van der Waals surface area contributed by atoms with Gasteiger partial charge in [-0.2, -0.15) is 0 Å². The Kier molecular flexibility index (Phi) is 5.87. The molecule has 0 aliphatic heterocycles. The van der Waals surface area contributed by atoms with Gasteiger partial charge in [0.2, 0.25) is 6.41 Å². The van der Waals surface area contributed by atoms with E-state index in [9.17, 15) is 4.79 Å². The van der Waals surface area contributed by atoms with Crippen LogP contribution in [0.15, 0.2) is 42.1 Å². The normalized spacial score (nSPS) is 15.2. The first kappa shape index (κ1) is 14.9. The predicted molar refractivity (Wildman–Crippen MR) is 84.4 cm³/mol. The molecule has 20 heavy (non-hydrogen) atoms. The number of carbonyl (C=O) groups excluding carboxylic acids is 1. The Morgan fingerprint density at radius 3 is 2.80 bits per heavy atom. The van der Waals surface area contributed by atoms with E-state index in [2.05, 4.69) is 6.08 Å². The second-order valence-electron chi connectivity index (χ2n) is 5.04. The maximum Gasteiger partial charge on any atom is 0.213 e. The molecule has 106 valence electrons. The van der Waals surface area contributed by atoms with Crippen molar-refractivity contribution in [1.29, 1.82) is 0 Å². The van der Waals surface area contributed by atoms with Gasteiger partial charge in [0.05, 0.1) is 0 Å². The summed E-state index contributed by atoms with van der Waals surface area (Å²) in [7, 11) is 0. The van der Waals surface area contributed by atoms with Gasteiger partial charge in [0.25, 0.3) is 0 Å². The molecule has 0 unspecified atom stereocenters. The zero-order chi connectivity index (χ0) is 14.2. The zero-order valence-electron chi connectivity index (χ0n) is 11.6. The standard InChI is InChI=1S/C17H20ClNO/c18-17-9-5-4-8-16(17)11-13-19(14-20)12-10-15-6-2-1-3-7-15/h4-6,8-9,11,13-14H,1-3,7,10,12H2/b13-11+. The minimum Gasteiger partial charge on any atom is -0.321 e. The van der Waals surface area contributed by atoms with Crippen LogP contribution in [-0.2, 0) is 4.79 Å². The molecule has 0 saturated carbocycles. The summed E-state index contributed by atoms with van der Waals surface area (Å²) in [4.78, 5) is 12.8. The summed E-state index contributed by atoms with van der Waals surface area (Å²) in [5.74, 6) is 0. The van der Waals surface area contributed by atoms with Gasteiger partial charge in [-0.1, -0.05) is 41.4 Å². The third-order valence-electron chi connectivity index (χ3n) is 3.56. The van der Waals surface area contributed by atoms with Crippen molar-refractivity contribution >= 4 is 24.1 Å². The molecule has 0 fully saturated rings. The Bertz CT molecular complexity index is 507. The summed E-state index contributed by atoms with van der Waals surface area (Å²) in [6.45, 7) is 0.732. The van der Waals surface area contributed by atoms with E-state index in [1.54, 1.807) is 11.1 Å². The van der Waals surface area contributed by atoms with Gasteiger partial charge < -0.3 is 4.90 Å². The number of rotatable bonds is 6. The van der Waals surface area contributed by atoms with E-state index in [0.29, 0.717) is 5.02 Å². The summed E-state index contributed by atoms with van der Waals surface area (Å²) < 4.78 is 0. The summed E-state index contributed by atoms with van der Waals surface area (Å²) >= 11 is 6.08. The molecule has 1 amide bonds. The average molecular weight is 290 g/mol. The van der Waals surface area contributed by atoms with Gasteiger partial charge >= 0.3 is 0 Å². The Labute approximate surface area is 125 Å². The molecule has 3 heteroatoms. The molecule has 0 heterocycles. The first-order valence-corrected chi connectivity index (χ1v) is 7.49. The summed E-state index contributed by atoms with van der Waals surface area (Å²) in [5.41, 5.74) is 2.41. The highest BCUT2D eigenvalue weighted by molar-refractivity contribution is 6.32. The Hall–Kier alpha value is -1.54. The molecule has 0 radical (unpaired) electrons. The number of carbonyl (C=O) groups is 1. The molecule has 0 aromatic heterocycles. The van der Waals surface area contributed by atoms with Gasteiger partial charge in [-0.05, 0) is 49.8 Å². The quantitative estimate of drug-likeness (QED) is 0.551. The molecule has 1 aromatic rings. The van der Waals surface area contributed by atoms with Crippen LogP contribution in [0.25, 0.3) is 6.08 Å². The Balaban J connectivity index is 1.90. The minimum absolute atomic E-state index is 0.699. The number of halogens is 1. The van der Waals surface area contributed by atoms with Crippen LogP contribution in [0.4, 0.5) is 0 Å². The monoisotopic (exact) mass is 289 g/mol. The molecule has 2 nitrogen and oxygen atoms in total. The molecule has 0 atom stereocenters. The van der Waals surface area contributed by atoms with Crippen LogP contribution in [0, 0.1) is 0 Å². The van der Waals surface area contributed by atoms with Crippen molar-refractivity contribution in [2.24, 2.45) is 0 Å². The molecule has 2 rings (SSSR count). The minimum atomic E-state index is 0.699. The third kappa shape index (κ3) is 4.53. The van der Waals surface area contributed by atoms with Gasteiger partial charge in [-0.25, -0.2) is 0 Å². The van der Waals surface area contributed by atoms with Crippen molar-refractivity contribution in [3.05, 3.63) is 52.7 Å². The van der Waals surface area contributed by atoms with Gasteiger partial charge in [-0.3, -0.25) is 4.79 Å². The van der Waals surface area contributed by atoms with E-state index in [1.165, 1.54) is 31.3 Å². The Morgan fingerprint density at radius 1 is 1.25 bits per heavy atom. The lowest BCUT2D eigenvalue weighted by Crippen LogP contribution is -2.17. The summed E-state index contributed by atoms with van der Waals surface area (Å²) in [6, 6.07) is 7.61. The van der Waals surface area contributed by atoms with Crippen LogP contribution in [0.3, 0.4) is 0 Å². The molecular formula is C17H20ClNO. The maximum atomic E-state index is 11.1. The SMILES string of the molecule is O=CN(/C=C/c1ccccc1Cl)CCC1=CCCCC1. The molecule has 0 saturated heterocycles. The van der Waals surface area contributed by atoms with Crippen molar-refractivity contribution in [3.8, 4) is 0 Å². The highest BCUT2D eigenvalue weighted by Gasteiger charge is 2.05. The second-order valence-corrected chi connectivity index (χ2v) is 5.45. The molecule has 1 aromatic carbocycles. The fourth-order valence-electron chi connectivity index (χ4n) is 2.35. The van der Waals surface area contributed by atoms with E-state index < -0.39 is 0 Å². The third-order valence-corrected chi connectivity index (χ3v) is 3.91. The van der Waals surface area contributed by atoms with E-state index in [0.717, 1.165) is 24.9 Å². The smallest absolute Gasteiger partial charge is 0.213 e. The van der Waals surface area contributed by atoms with Crippen molar-refractivity contribution in [2.75, 3.05) is 6.54 Å². The molecular weight excluding hydrogens is 270 g/mol. The first-order valence-electron chi connectivity index (χ1n) is 7.11. The average Bonchev–Trinajstić information content (AvgIpc) is 2.50. The van der Waals surface area contributed by atoms with Crippen molar-refractivity contribution in [2.45, 2.75) is 32.1 Å². The maximum absolute atomic E-state index is 11.1. The molecule has 1 aliphatic rings. The number of allylic oxidation sites excluding steroid dienone is 1. The topological polar surface area (TPSA) is 20.3 Å². The van der Waals surface area contributed by atoms with Gasteiger partial charge in [0.15, 0.2) is 0 Å². The van der Waals surface area contributed by atoms with E-state index >= 15 is 0 Å². The molecule has 0 spiro atoms. The molecule has 0 N–H and O–H groups in total. The summed E-state index contributed by atoms with van der Waals surface area (Å²) in [5, 5.41) is 0.699. The van der Waals surface area contributed by atoms with Crippen LogP contribution in [-0.4, -0.2) is 17.9 Å². The van der Waals surface area contributed by atoms with E-state index in [1.807, 2.05) is 30.3 Å². The van der Waals surface area contributed by atoms with Crippen molar-refractivity contribution in [3.63, 3.8) is 0 Å². The number of amides is 1. The lowest BCUT2D eigenvalue weighted by molar-refractivity contribution is -0.115. The Morgan fingerprint density at radius 2 is 2.10 bits per heavy atom. The predicted octanol–water partition coefficient (Wildman–Crippen LogP) is 4.66. The second kappa shape index (κ2) is 7.91. The van der Waals surface area contributed by atoms with Crippen LogP contribution in [0.2, 0.25) is 5.02 Å². The number of benzene rings is 1. The van der Waals surface area contributed by atoms with Crippen molar-refractivity contribution < 1.29 is 4.79 Å². The van der Waals surface area contributed by atoms with Gasteiger partial charge in [0, 0.05) is 17.8 Å². The highest BCUT2D eigenvalue weighted by atomic mass is 35.5. The number of hydrogen-bond acceptors (Lipinski definition) is 1. The van der Waals surface area contributed by atoms with Crippen LogP contribution in [0.1, 0.15) is 37.7 Å². The van der Waals surface area contributed by atoms with Crippen molar-refractivity contribution in [1.82, 2.24) is 4.90 Å². The highest BCUT2D eigenvalue weighted by Crippen LogP contribution is 2.20. The largest absolute Gasteiger partial charge is 0.321 e. The fraction of sp³-hybridized carbons (Fsp3) is 0.353. The van der Waals surface area contributed by atoms with Crippen LogP contribution in [0.5, 0.6) is 0 Å². The van der Waals surface area contributed by atoms with E-state index in [-0.39, 0.29) is 0 Å². The first-order chi connectivity index (χ1) is 9.79. The lowest BCUT2D eigenvalue weighted by Gasteiger charge is -2.16. The lowest BCUT2D eigenvalue weighted by atomic mass is 9.97. The van der Waals surface area contributed by atoms with Gasteiger partial charge in [0.1, 0.15) is 0 Å².